The van der Waals surface area contributed by atoms with E-state index in [0.717, 1.165) is 19.2 Å². The molecule has 0 amide bonds. The van der Waals surface area contributed by atoms with Crippen molar-refractivity contribution in [3.05, 3.63) is 38.3 Å². The number of halogens is 4. The van der Waals surface area contributed by atoms with Gasteiger partial charge < -0.3 is 0 Å². The van der Waals surface area contributed by atoms with Gasteiger partial charge in [-0.3, -0.25) is 4.74 Å². The van der Waals surface area contributed by atoms with Crippen molar-refractivity contribution in [2.45, 2.75) is 18.9 Å². The summed E-state index contributed by atoms with van der Waals surface area (Å²) in [5.74, 6) is 0. The largest absolute Gasteiger partial charge is 0.523 e. The Morgan fingerprint density at radius 1 is 1.32 bits per heavy atom. The van der Waals surface area contributed by atoms with Gasteiger partial charge in [0.2, 0.25) is 0 Å². The van der Waals surface area contributed by atoms with Gasteiger partial charge >= 0.3 is 6.36 Å². The lowest BCUT2D eigenvalue weighted by Crippen LogP contribution is -2.18. The summed E-state index contributed by atoms with van der Waals surface area (Å²) in [6, 6.07) is 5.81. The van der Waals surface area contributed by atoms with Crippen LogP contribution >= 0.6 is 33.9 Å². The topological polar surface area (TPSA) is 9.23 Å². The molecule has 1 atom stereocenters. The van der Waals surface area contributed by atoms with Gasteiger partial charge in [-0.2, -0.15) is 0 Å². The number of hydrogen-bond acceptors (Lipinski definition) is 2. The number of rotatable bonds is 1. The number of ether oxygens (including phenoxy) is 1. The first kappa shape index (κ1) is 13.4. The number of benzene rings is 1. The number of fused-ring (bicyclic) bond motifs is 3. The van der Waals surface area contributed by atoms with Gasteiger partial charge in [0.1, 0.15) is 6.10 Å². The van der Waals surface area contributed by atoms with Gasteiger partial charge in [-0.25, -0.2) is 0 Å². The second-order valence-electron chi connectivity index (χ2n) is 4.19. The van der Waals surface area contributed by atoms with E-state index in [1.54, 1.807) is 6.08 Å². The monoisotopic (exact) mass is 396 g/mol. The Kier molecular flexibility index (Phi) is 3.34. The first-order valence-electron chi connectivity index (χ1n) is 5.58. The zero-order valence-corrected chi connectivity index (χ0v) is 12.5. The van der Waals surface area contributed by atoms with Crippen LogP contribution < -0.4 is 0 Å². The molecule has 1 aliphatic rings. The molecule has 1 aliphatic carbocycles. The predicted octanol–water partition coefficient (Wildman–Crippen LogP) is 5.50. The van der Waals surface area contributed by atoms with Gasteiger partial charge in [0.15, 0.2) is 0 Å². The third kappa shape index (κ3) is 2.53. The summed E-state index contributed by atoms with van der Waals surface area (Å²) in [5, 5.41) is 0.999. The normalized spacial score (nSPS) is 18.8. The molecule has 19 heavy (non-hydrogen) atoms. The van der Waals surface area contributed by atoms with E-state index in [2.05, 4.69) is 27.3 Å². The minimum absolute atomic E-state index is 0.260. The second-order valence-corrected chi connectivity index (χ2v) is 6.40. The fraction of sp³-hybridized carbons (Fsp3) is 0.231. The Balaban J connectivity index is 2.13. The molecule has 0 radical (unpaired) electrons. The van der Waals surface area contributed by atoms with Crippen molar-refractivity contribution >= 4 is 50.1 Å². The molecule has 0 aliphatic heterocycles. The van der Waals surface area contributed by atoms with E-state index in [1.807, 2.05) is 24.3 Å². The first-order valence-corrected chi connectivity index (χ1v) is 7.47. The Hall–Kier alpha value is -0.600. The van der Waals surface area contributed by atoms with E-state index in [0.29, 0.717) is 4.88 Å². The minimum atomic E-state index is -4.60. The molecule has 2 aromatic rings. The molecule has 6 heteroatoms. The first-order chi connectivity index (χ1) is 8.96. The Morgan fingerprint density at radius 3 is 2.84 bits per heavy atom. The van der Waals surface area contributed by atoms with Crippen molar-refractivity contribution in [2.75, 3.05) is 0 Å². The molecule has 0 fully saturated rings. The molecule has 1 aromatic carbocycles. The molecule has 100 valence electrons. The quantitative estimate of drug-likeness (QED) is 0.579. The second kappa shape index (κ2) is 4.75. The van der Waals surface area contributed by atoms with Crippen LogP contribution in [0.1, 0.15) is 23.0 Å². The van der Waals surface area contributed by atoms with Crippen molar-refractivity contribution in [3.8, 4) is 0 Å². The van der Waals surface area contributed by atoms with Crippen molar-refractivity contribution in [2.24, 2.45) is 0 Å². The van der Waals surface area contributed by atoms with Crippen LogP contribution in [-0.4, -0.2) is 6.36 Å². The van der Waals surface area contributed by atoms with E-state index in [-0.39, 0.29) is 6.42 Å². The summed E-state index contributed by atoms with van der Waals surface area (Å²) in [7, 11) is 0. The van der Waals surface area contributed by atoms with Gasteiger partial charge in [-0.05, 0) is 40.6 Å². The lowest BCUT2D eigenvalue weighted by atomic mass is 10.0. The summed E-state index contributed by atoms with van der Waals surface area (Å²) in [6.45, 7) is 0. The predicted molar refractivity (Wildman–Crippen MR) is 78.1 cm³/mol. The van der Waals surface area contributed by atoms with Gasteiger partial charge in [0.05, 0.1) is 0 Å². The van der Waals surface area contributed by atoms with Crippen LogP contribution in [0.25, 0.3) is 16.2 Å². The fourth-order valence-corrected chi connectivity index (χ4v) is 4.28. The molecular formula is C13H8F3IOS. The zero-order chi connectivity index (χ0) is 13.6. The maximum atomic E-state index is 12.4. The van der Waals surface area contributed by atoms with Crippen molar-refractivity contribution in [1.82, 2.24) is 0 Å². The molecule has 1 aromatic heterocycles. The van der Waals surface area contributed by atoms with E-state index in [1.165, 1.54) is 11.3 Å². The van der Waals surface area contributed by atoms with Crippen LogP contribution in [0.15, 0.2) is 24.3 Å². The highest BCUT2D eigenvalue weighted by Crippen LogP contribution is 2.44. The van der Waals surface area contributed by atoms with Crippen molar-refractivity contribution < 1.29 is 17.9 Å². The van der Waals surface area contributed by atoms with Crippen LogP contribution in [0.2, 0.25) is 0 Å². The summed E-state index contributed by atoms with van der Waals surface area (Å²) >= 11 is 3.59. The molecule has 1 heterocycles. The molecule has 1 nitrogen and oxygen atoms in total. The number of alkyl halides is 3. The summed E-state index contributed by atoms with van der Waals surface area (Å²) in [6.07, 6.45) is -1.63. The average Bonchev–Trinajstić information content (AvgIpc) is 2.69. The summed E-state index contributed by atoms with van der Waals surface area (Å²) in [4.78, 5) is 0.666. The maximum Gasteiger partial charge on any atom is 0.523 e. The summed E-state index contributed by atoms with van der Waals surface area (Å²) < 4.78 is 43.6. The molecule has 0 bridgehead atoms. The van der Waals surface area contributed by atoms with Gasteiger partial charge in [0.25, 0.3) is 0 Å². The average molecular weight is 396 g/mol. The lowest BCUT2D eigenvalue weighted by molar-refractivity contribution is -0.344. The SMILES string of the molecule is FC(F)(F)OC1CC=Cc2c1sc1c(I)cccc21. The Labute approximate surface area is 125 Å². The molecule has 1 unspecified atom stereocenters. The van der Waals surface area contributed by atoms with Crippen LogP contribution in [0.5, 0.6) is 0 Å². The molecule has 0 spiro atoms. The van der Waals surface area contributed by atoms with E-state index >= 15 is 0 Å². The van der Waals surface area contributed by atoms with Gasteiger partial charge in [-0.15, -0.1) is 24.5 Å². The fourth-order valence-electron chi connectivity index (χ4n) is 2.21. The molecule has 3 rings (SSSR count). The van der Waals surface area contributed by atoms with Crippen molar-refractivity contribution in [1.29, 1.82) is 0 Å². The van der Waals surface area contributed by atoms with Crippen LogP contribution in [0.3, 0.4) is 0 Å². The number of hydrogen-bond donors (Lipinski definition) is 0. The van der Waals surface area contributed by atoms with E-state index < -0.39 is 12.5 Å². The zero-order valence-electron chi connectivity index (χ0n) is 9.50. The molecule has 0 N–H and O–H groups in total. The molecule has 0 saturated carbocycles. The van der Waals surface area contributed by atoms with Crippen LogP contribution in [0, 0.1) is 3.57 Å². The Morgan fingerprint density at radius 2 is 2.11 bits per heavy atom. The lowest BCUT2D eigenvalue weighted by Gasteiger charge is -2.20. The van der Waals surface area contributed by atoms with Gasteiger partial charge in [-0.1, -0.05) is 24.3 Å². The standard InChI is InChI=1S/C13H8F3IOS/c14-13(15,16)18-10-6-2-4-8-7-3-1-5-9(17)11(7)19-12(8)10/h1-5,10H,6H2. The third-order valence-electron chi connectivity index (χ3n) is 2.94. The van der Waals surface area contributed by atoms with E-state index in [9.17, 15) is 13.2 Å². The molecular weight excluding hydrogens is 388 g/mol. The third-order valence-corrected chi connectivity index (χ3v) is 5.55. The highest BCUT2D eigenvalue weighted by atomic mass is 127. The minimum Gasteiger partial charge on any atom is -0.283 e. The van der Waals surface area contributed by atoms with E-state index in [4.69, 9.17) is 0 Å². The maximum absolute atomic E-state index is 12.4. The smallest absolute Gasteiger partial charge is 0.283 e. The van der Waals surface area contributed by atoms with Crippen molar-refractivity contribution in [3.63, 3.8) is 0 Å². The van der Waals surface area contributed by atoms with Gasteiger partial charge in [0, 0.05) is 18.5 Å². The highest BCUT2D eigenvalue weighted by molar-refractivity contribution is 14.1. The summed E-state index contributed by atoms with van der Waals surface area (Å²) in [5.41, 5.74) is 0.860. The van der Waals surface area contributed by atoms with Crippen LogP contribution in [0.4, 0.5) is 13.2 Å². The van der Waals surface area contributed by atoms with Crippen LogP contribution in [-0.2, 0) is 4.74 Å². The highest BCUT2D eigenvalue weighted by Gasteiger charge is 2.36. The molecule has 0 saturated heterocycles. The Bertz CT molecular complexity index is 660. The number of thiophene rings is 1.